The lowest BCUT2D eigenvalue weighted by Gasteiger charge is -2.28. The van der Waals surface area contributed by atoms with Gasteiger partial charge in [-0.05, 0) is 50.6 Å². The molecule has 108 valence electrons. The molecule has 1 heterocycles. The second-order valence-corrected chi connectivity index (χ2v) is 6.38. The van der Waals surface area contributed by atoms with E-state index >= 15 is 0 Å². The first-order chi connectivity index (χ1) is 9.11. The Morgan fingerprint density at radius 2 is 2.32 bits per heavy atom. The predicted octanol–water partition coefficient (Wildman–Crippen LogP) is 3.36. The van der Waals surface area contributed by atoms with Gasteiger partial charge in [-0.3, -0.25) is 0 Å². The number of aliphatic hydroxyl groups is 1. The third-order valence-corrected chi connectivity index (χ3v) is 4.50. The summed E-state index contributed by atoms with van der Waals surface area (Å²) >= 11 is 7.72. The highest BCUT2D eigenvalue weighted by atomic mass is 35.5. The van der Waals surface area contributed by atoms with E-state index in [9.17, 15) is 5.11 Å². The Labute approximate surface area is 125 Å². The number of halogens is 1. The van der Waals surface area contributed by atoms with Gasteiger partial charge in [0.1, 0.15) is 5.03 Å². The molecule has 1 rings (SSSR count). The number of rotatable bonds is 9. The van der Waals surface area contributed by atoms with E-state index in [2.05, 4.69) is 24.1 Å². The molecule has 1 unspecified atom stereocenters. The van der Waals surface area contributed by atoms with Gasteiger partial charge in [0.05, 0.1) is 11.6 Å². The molecule has 0 saturated heterocycles. The van der Waals surface area contributed by atoms with E-state index in [-0.39, 0.29) is 12.1 Å². The normalized spacial score (nSPS) is 14.3. The van der Waals surface area contributed by atoms with Crippen LogP contribution < -0.4 is 5.32 Å². The number of hydrogen-bond donors (Lipinski definition) is 2. The lowest BCUT2D eigenvalue weighted by atomic mass is 9.97. The third kappa shape index (κ3) is 6.13. The van der Waals surface area contributed by atoms with Crippen molar-refractivity contribution in [1.82, 2.24) is 10.3 Å². The summed E-state index contributed by atoms with van der Waals surface area (Å²) in [5, 5.41) is 14.5. The number of pyridine rings is 1. The molecule has 2 N–H and O–H groups in total. The zero-order valence-electron chi connectivity index (χ0n) is 11.7. The van der Waals surface area contributed by atoms with Crippen LogP contribution in [0.4, 0.5) is 0 Å². The summed E-state index contributed by atoms with van der Waals surface area (Å²) < 4.78 is 0. The van der Waals surface area contributed by atoms with Gasteiger partial charge in [-0.1, -0.05) is 18.5 Å². The first-order valence-electron chi connectivity index (χ1n) is 6.70. The Bertz CT molecular complexity index is 378. The van der Waals surface area contributed by atoms with Crippen molar-refractivity contribution in [2.75, 3.05) is 18.9 Å². The maximum Gasteiger partial charge on any atom is 0.115 e. The van der Waals surface area contributed by atoms with Crippen LogP contribution in [0.3, 0.4) is 0 Å². The number of thioether (sulfide) groups is 1. The van der Waals surface area contributed by atoms with Gasteiger partial charge < -0.3 is 10.4 Å². The summed E-state index contributed by atoms with van der Waals surface area (Å²) in [6.07, 6.45) is 4.80. The SMILES string of the molecule is CCCNC(C)(CO)CCCSc1ncccc1Cl. The average molecular weight is 303 g/mol. The molecule has 0 aliphatic carbocycles. The largest absolute Gasteiger partial charge is 0.394 e. The molecule has 19 heavy (non-hydrogen) atoms. The van der Waals surface area contributed by atoms with Crippen molar-refractivity contribution in [3.63, 3.8) is 0 Å². The van der Waals surface area contributed by atoms with Crippen molar-refractivity contribution >= 4 is 23.4 Å². The molecular weight excluding hydrogens is 280 g/mol. The summed E-state index contributed by atoms with van der Waals surface area (Å²) in [6, 6.07) is 3.70. The highest BCUT2D eigenvalue weighted by molar-refractivity contribution is 7.99. The Morgan fingerprint density at radius 1 is 1.53 bits per heavy atom. The van der Waals surface area contributed by atoms with Crippen LogP contribution in [0.2, 0.25) is 5.02 Å². The fourth-order valence-corrected chi connectivity index (χ4v) is 2.87. The topological polar surface area (TPSA) is 45.1 Å². The van der Waals surface area contributed by atoms with Gasteiger partial charge in [-0.15, -0.1) is 11.8 Å². The van der Waals surface area contributed by atoms with Gasteiger partial charge in [0.2, 0.25) is 0 Å². The van der Waals surface area contributed by atoms with E-state index in [1.54, 1.807) is 18.0 Å². The van der Waals surface area contributed by atoms with Gasteiger partial charge in [0, 0.05) is 11.7 Å². The molecule has 0 saturated carbocycles. The van der Waals surface area contributed by atoms with Gasteiger partial charge >= 0.3 is 0 Å². The standard InChI is InChI=1S/C14H23ClN2OS/c1-3-8-17-14(2,11-18)7-5-10-19-13-12(15)6-4-9-16-13/h4,6,9,17-18H,3,5,7-8,10-11H2,1-2H3. The molecule has 0 bridgehead atoms. The Balaban J connectivity index is 2.31. The number of aliphatic hydroxyl groups excluding tert-OH is 1. The number of nitrogens with zero attached hydrogens (tertiary/aromatic N) is 1. The van der Waals surface area contributed by atoms with E-state index in [1.807, 2.05) is 12.1 Å². The molecule has 3 nitrogen and oxygen atoms in total. The monoisotopic (exact) mass is 302 g/mol. The smallest absolute Gasteiger partial charge is 0.115 e. The number of aromatic nitrogens is 1. The third-order valence-electron chi connectivity index (χ3n) is 2.99. The van der Waals surface area contributed by atoms with E-state index in [0.29, 0.717) is 5.02 Å². The fraction of sp³-hybridized carbons (Fsp3) is 0.643. The Morgan fingerprint density at radius 3 is 2.95 bits per heavy atom. The highest BCUT2D eigenvalue weighted by Gasteiger charge is 2.21. The summed E-state index contributed by atoms with van der Waals surface area (Å²) in [5.41, 5.74) is -0.176. The lowest BCUT2D eigenvalue weighted by molar-refractivity contribution is 0.165. The van der Waals surface area contributed by atoms with Crippen LogP contribution in [0.25, 0.3) is 0 Å². The molecule has 1 atom stereocenters. The zero-order valence-corrected chi connectivity index (χ0v) is 13.2. The quantitative estimate of drug-likeness (QED) is 0.542. The molecule has 0 radical (unpaired) electrons. The molecule has 0 aliphatic heterocycles. The minimum Gasteiger partial charge on any atom is -0.394 e. The van der Waals surface area contributed by atoms with Crippen LogP contribution in [0, 0.1) is 0 Å². The summed E-state index contributed by atoms with van der Waals surface area (Å²) in [7, 11) is 0. The van der Waals surface area contributed by atoms with Gasteiger partial charge in [0.15, 0.2) is 0 Å². The van der Waals surface area contributed by atoms with Crippen molar-refractivity contribution in [2.45, 2.75) is 43.7 Å². The van der Waals surface area contributed by atoms with Crippen molar-refractivity contribution in [1.29, 1.82) is 0 Å². The molecule has 0 fully saturated rings. The fourth-order valence-electron chi connectivity index (χ4n) is 1.76. The molecule has 0 spiro atoms. The molecule has 5 heteroatoms. The maximum atomic E-state index is 9.47. The first-order valence-corrected chi connectivity index (χ1v) is 8.07. The lowest BCUT2D eigenvalue weighted by Crippen LogP contribution is -2.46. The van der Waals surface area contributed by atoms with Crippen molar-refractivity contribution in [2.24, 2.45) is 0 Å². The minimum absolute atomic E-state index is 0.169. The maximum absolute atomic E-state index is 9.47. The summed E-state index contributed by atoms with van der Waals surface area (Å²) in [6.45, 7) is 5.31. The van der Waals surface area contributed by atoms with E-state index in [4.69, 9.17) is 11.6 Å². The van der Waals surface area contributed by atoms with E-state index in [1.165, 1.54) is 0 Å². The highest BCUT2D eigenvalue weighted by Crippen LogP contribution is 2.25. The van der Waals surface area contributed by atoms with Crippen LogP contribution in [-0.2, 0) is 0 Å². The van der Waals surface area contributed by atoms with Crippen molar-refractivity contribution in [3.05, 3.63) is 23.4 Å². The van der Waals surface area contributed by atoms with Crippen LogP contribution >= 0.6 is 23.4 Å². The molecule has 1 aromatic heterocycles. The number of nitrogens with one attached hydrogen (secondary N) is 1. The Kier molecular flexibility index (Phi) is 7.76. The van der Waals surface area contributed by atoms with Crippen LogP contribution in [0.15, 0.2) is 23.4 Å². The van der Waals surface area contributed by atoms with Crippen molar-refractivity contribution < 1.29 is 5.11 Å². The van der Waals surface area contributed by atoms with Crippen LogP contribution in [-0.4, -0.2) is 34.5 Å². The van der Waals surface area contributed by atoms with Crippen molar-refractivity contribution in [3.8, 4) is 0 Å². The van der Waals surface area contributed by atoms with Crippen LogP contribution in [0.5, 0.6) is 0 Å². The van der Waals surface area contributed by atoms with Gasteiger partial charge in [-0.25, -0.2) is 4.98 Å². The number of hydrogen-bond acceptors (Lipinski definition) is 4. The van der Waals surface area contributed by atoms with E-state index in [0.717, 1.165) is 36.6 Å². The summed E-state index contributed by atoms with van der Waals surface area (Å²) in [5.74, 6) is 0.958. The van der Waals surface area contributed by atoms with Gasteiger partial charge in [0.25, 0.3) is 0 Å². The first kappa shape index (κ1) is 16.8. The van der Waals surface area contributed by atoms with Crippen LogP contribution in [0.1, 0.15) is 33.1 Å². The molecule has 1 aromatic rings. The molecule has 0 aliphatic rings. The second kappa shape index (κ2) is 8.80. The molecule has 0 aromatic carbocycles. The summed E-state index contributed by atoms with van der Waals surface area (Å²) in [4.78, 5) is 4.25. The van der Waals surface area contributed by atoms with Gasteiger partial charge in [-0.2, -0.15) is 0 Å². The Hall–Kier alpha value is -0.290. The zero-order chi connectivity index (χ0) is 14.1. The molecular formula is C14H23ClN2OS. The second-order valence-electron chi connectivity index (χ2n) is 4.89. The average Bonchev–Trinajstić information content (AvgIpc) is 2.43. The minimum atomic E-state index is -0.176. The molecule has 0 amide bonds. The van der Waals surface area contributed by atoms with E-state index < -0.39 is 0 Å². The predicted molar refractivity (Wildman–Crippen MR) is 83.0 cm³/mol.